The van der Waals surface area contributed by atoms with Crippen molar-refractivity contribution in [3.63, 3.8) is 0 Å². The molecular weight excluding hydrogens is 468 g/mol. The fourth-order valence-electron chi connectivity index (χ4n) is 3.75. The molecule has 3 rings (SSSR count). The highest BCUT2D eigenvalue weighted by Gasteiger charge is 2.37. The van der Waals surface area contributed by atoms with E-state index in [4.69, 9.17) is 23.2 Å². The summed E-state index contributed by atoms with van der Waals surface area (Å²) >= 11 is 11.9. The molecule has 0 aromatic heterocycles. The number of amides is 2. The van der Waals surface area contributed by atoms with Gasteiger partial charge in [-0.05, 0) is 54.3 Å². The van der Waals surface area contributed by atoms with Crippen LogP contribution >= 0.6 is 23.2 Å². The molecule has 2 aromatic carbocycles. The average Bonchev–Trinajstić information content (AvgIpc) is 3.19. The van der Waals surface area contributed by atoms with Crippen LogP contribution in [0.1, 0.15) is 30.4 Å². The molecular formula is C22H21Cl2F3N2O3. The zero-order valence-corrected chi connectivity index (χ0v) is 18.4. The lowest BCUT2D eigenvalue weighted by Crippen LogP contribution is -2.39. The Balaban J connectivity index is 1.51. The molecule has 0 aliphatic heterocycles. The number of hydrogen-bond acceptors (Lipinski definition) is 3. The predicted octanol–water partition coefficient (Wildman–Crippen LogP) is 5.24. The smallest absolute Gasteiger partial charge is 0.406 e. The topological polar surface area (TPSA) is 67.4 Å². The van der Waals surface area contributed by atoms with E-state index in [-0.39, 0.29) is 30.7 Å². The molecule has 10 heteroatoms. The van der Waals surface area contributed by atoms with E-state index in [0.29, 0.717) is 28.5 Å². The fraction of sp³-hybridized carbons (Fsp3) is 0.364. The lowest BCUT2D eigenvalue weighted by Gasteiger charge is -2.19. The molecule has 0 bridgehead atoms. The molecule has 5 nitrogen and oxygen atoms in total. The van der Waals surface area contributed by atoms with Gasteiger partial charge >= 0.3 is 6.36 Å². The van der Waals surface area contributed by atoms with E-state index in [1.165, 1.54) is 24.3 Å². The second-order valence-corrected chi connectivity index (χ2v) is 8.42. The first-order valence-corrected chi connectivity index (χ1v) is 10.7. The molecule has 0 radical (unpaired) electrons. The molecule has 2 amide bonds. The van der Waals surface area contributed by atoms with Gasteiger partial charge < -0.3 is 15.4 Å². The highest BCUT2D eigenvalue weighted by Crippen LogP contribution is 2.32. The van der Waals surface area contributed by atoms with Gasteiger partial charge in [0.2, 0.25) is 11.8 Å². The first kappa shape index (κ1) is 24.2. The van der Waals surface area contributed by atoms with Crippen molar-refractivity contribution in [2.75, 3.05) is 0 Å². The number of hydrogen-bond donors (Lipinski definition) is 2. The molecule has 2 N–H and O–H groups in total. The molecule has 1 fully saturated rings. The van der Waals surface area contributed by atoms with Gasteiger partial charge in [0.25, 0.3) is 0 Å². The van der Waals surface area contributed by atoms with E-state index in [1.807, 2.05) is 0 Å². The highest BCUT2D eigenvalue weighted by atomic mass is 35.5. The van der Waals surface area contributed by atoms with E-state index in [1.54, 1.807) is 18.2 Å². The molecule has 2 atom stereocenters. The van der Waals surface area contributed by atoms with Crippen molar-refractivity contribution < 1.29 is 27.5 Å². The highest BCUT2D eigenvalue weighted by molar-refractivity contribution is 6.34. The maximum atomic E-state index is 12.7. The molecule has 1 aliphatic rings. The van der Waals surface area contributed by atoms with Crippen molar-refractivity contribution in [2.45, 2.75) is 38.7 Å². The Bertz CT molecular complexity index is 948. The largest absolute Gasteiger partial charge is 0.573 e. The Morgan fingerprint density at radius 1 is 0.875 bits per heavy atom. The zero-order valence-electron chi connectivity index (χ0n) is 16.8. The molecule has 1 aliphatic carbocycles. The average molecular weight is 489 g/mol. The van der Waals surface area contributed by atoms with Crippen LogP contribution in [0.4, 0.5) is 13.2 Å². The van der Waals surface area contributed by atoms with Gasteiger partial charge in [0.1, 0.15) is 5.75 Å². The summed E-state index contributed by atoms with van der Waals surface area (Å²) in [5.74, 6) is -1.73. The molecule has 1 saturated carbocycles. The van der Waals surface area contributed by atoms with Crippen LogP contribution in [0.15, 0.2) is 42.5 Å². The number of rotatable bonds is 7. The van der Waals surface area contributed by atoms with Gasteiger partial charge in [-0.3, -0.25) is 9.59 Å². The molecule has 0 spiro atoms. The van der Waals surface area contributed by atoms with Crippen molar-refractivity contribution in [1.82, 2.24) is 10.6 Å². The predicted molar refractivity (Wildman–Crippen MR) is 114 cm³/mol. The number of nitrogens with one attached hydrogen (secondary N) is 2. The summed E-state index contributed by atoms with van der Waals surface area (Å²) in [6.07, 6.45) is -2.82. The van der Waals surface area contributed by atoms with Gasteiger partial charge in [0.05, 0.1) is 0 Å². The normalized spacial score (nSPS) is 18.3. The summed E-state index contributed by atoms with van der Waals surface area (Å²) in [6, 6.07) is 10.3. The molecule has 172 valence electrons. The third-order valence-electron chi connectivity index (χ3n) is 5.20. The lowest BCUT2D eigenvalue weighted by molar-refractivity contribution is -0.274. The summed E-state index contributed by atoms with van der Waals surface area (Å²) in [5, 5.41) is 6.54. The summed E-state index contributed by atoms with van der Waals surface area (Å²) in [5.41, 5.74) is 1.37. The summed E-state index contributed by atoms with van der Waals surface area (Å²) in [7, 11) is 0. The Morgan fingerprint density at radius 3 is 1.88 bits per heavy atom. The third kappa shape index (κ3) is 7.03. The summed E-state index contributed by atoms with van der Waals surface area (Å²) in [6.45, 7) is 0.382. The van der Waals surface area contributed by atoms with Crippen LogP contribution in [-0.4, -0.2) is 18.2 Å². The minimum atomic E-state index is -4.76. The monoisotopic (exact) mass is 488 g/mol. The second kappa shape index (κ2) is 10.4. The Labute approximate surface area is 193 Å². The maximum Gasteiger partial charge on any atom is 0.573 e. The van der Waals surface area contributed by atoms with Crippen molar-refractivity contribution >= 4 is 35.0 Å². The number of halogens is 5. The first-order chi connectivity index (χ1) is 15.1. The van der Waals surface area contributed by atoms with Gasteiger partial charge in [-0.15, -0.1) is 13.2 Å². The third-order valence-corrected chi connectivity index (χ3v) is 5.64. The number of alkyl halides is 3. The van der Waals surface area contributed by atoms with E-state index in [0.717, 1.165) is 12.0 Å². The number of benzene rings is 2. The Kier molecular flexibility index (Phi) is 7.90. The van der Waals surface area contributed by atoms with E-state index in [9.17, 15) is 22.8 Å². The van der Waals surface area contributed by atoms with Crippen LogP contribution in [0.2, 0.25) is 10.0 Å². The molecule has 2 aromatic rings. The van der Waals surface area contributed by atoms with Gasteiger partial charge in [-0.1, -0.05) is 41.8 Å². The van der Waals surface area contributed by atoms with Crippen LogP contribution in [-0.2, 0) is 22.7 Å². The molecule has 0 unspecified atom stereocenters. The molecule has 0 heterocycles. The van der Waals surface area contributed by atoms with Crippen molar-refractivity contribution in [3.8, 4) is 5.75 Å². The standard InChI is InChI=1S/C22H21Cl2F3N2O3/c23-15-8-14(9-16(24)10-15)12-29-21(31)19-3-1-2-18(19)20(30)28-11-13-4-6-17(7-5-13)32-22(25,26)27/h4-10,18-19H,1-3,11-12H2,(H,28,30)(H,29,31)/t18-,19-/m1/s1. The SMILES string of the molecule is O=C(NCc1ccc(OC(F)(F)F)cc1)[C@@H]1CCC[C@H]1C(=O)NCc1cc(Cl)cc(Cl)c1. The first-order valence-electron chi connectivity index (χ1n) is 9.96. The van der Waals surface area contributed by atoms with Gasteiger partial charge in [-0.25, -0.2) is 0 Å². The van der Waals surface area contributed by atoms with Crippen molar-refractivity contribution in [3.05, 3.63) is 63.6 Å². The van der Waals surface area contributed by atoms with Gasteiger partial charge in [0, 0.05) is 35.0 Å². The second-order valence-electron chi connectivity index (χ2n) is 7.55. The van der Waals surface area contributed by atoms with E-state index in [2.05, 4.69) is 15.4 Å². The maximum absolute atomic E-state index is 12.7. The summed E-state index contributed by atoms with van der Waals surface area (Å²) in [4.78, 5) is 25.3. The van der Waals surface area contributed by atoms with Crippen molar-refractivity contribution in [1.29, 1.82) is 0 Å². The quantitative estimate of drug-likeness (QED) is 0.559. The number of ether oxygens (including phenoxy) is 1. The van der Waals surface area contributed by atoms with Crippen LogP contribution in [0, 0.1) is 11.8 Å². The van der Waals surface area contributed by atoms with E-state index < -0.39 is 18.2 Å². The lowest BCUT2D eigenvalue weighted by atomic mass is 9.94. The minimum Gasteiger partial charge on any atom is -0.406 e. The number of carbonyl (C=O) groups excluding carboxylic acids is 2. The van der Waals surface area contributed by atoms with Crippen LogP contribution in [0.3, 0.4) is 0 Å². The molecule has 32 heavy (non-hydrogen) atoms. The van der Waals surface area contributed by atoms with E-state index >= 15 is 0 Å². The van der Waals surface area contributed by atoms with Gasteiger partial charge in [0.15, 0.2) is 0 Å². The molecule has 0 saturated heterocycles. The van der Waals surface area contributed by atoms with Crippen molar-refractivity contribution in [2.24, 2.45) is 11.8 Å². The Morgan fingerprint density at radius 2 is 1.38 bits per heavy atom. The summed E-state index contributed by atoms with van der Waals surface area (Å²) < 4.78 is 40.5. The minimum absolute atomic E-state index is 0.136. The fourth-order valence-corrected chi connectivity index (χ4v) is 4.32. The van der Waals surface area contributed by atoms with Gasteiger partial charge in [-0.2, -0.15) is 0 Å². The zero-order chi connectivity index (χ0) is 23.3. The van der Waals surface area contributed by atoms with Crippen LogP contribution in [0.25, 0.3) is 0 Å². The number of carbonyl (C=O) groups is 2. The Hall–Kier alpha value is -2.45. The van der Waals surface area contributed by atoms with Crippen LogP contribution < -0.4 is 15.4 Å². The van der Waals surface area contributed by atoms with Crippen LogP contribution in [0.5, 0.6) is 5.75 Å².